The second-order valence-electron chi connectivity index (χ2n) is 5.24. The first-order valence-corrected chi connectivity index (χ1v) is 7.99. The number of rotatable bonds is 3. The highest BCUT2D eigenvalue weighted by atomic mass is 35.5. The van der Waals surface area contributed by atoms with E-state index in [2.05, 4.69) is 0 Å². The summed E-state index contributed by atoms with van der Waals surface area (Å²) in [6, 6.07) is 13.0. The maximum Gasteiger partial charge on any atom is 0.258 e. The molecule has 1 aromatic heterocycles. The first-order chi connectivity index (χ1) is 11.1. The van der Waals surface area contributed by atoms with E-state index in [1.54, 1.807) is 30.9 Å². The van der Waals surface area contributed by atoms with E-state index in [-0.39, 0.29) is 11.4 Å². The summed E-state index contributed by atoms with van der Waals surface area (Å²) in [7, 11) is 3.36. The third-order valence-electron chi connectivity index (χ3n) is 3.98. The van der Waals surface area contributed by atoms with Gasteiger partial charge in [0.2, 0.25) is 0 Å². The number of halogens is 2. The zero-order valence-corrected chi connectivity index (χ0v) is 14.3. The number of nitrogens with zero attached hydrogens (tertiary/aromatic N) is 1. The zero-order chi connectivity index (χ0) is 16.6. The quantitative estimate of drug-likeness (QED) is 0.648. The second kappa shape index (κ2) is 6.26. The molecule has 0 aliphatic rings. The lowest BCUT2D eigenvalue weighted by atomic mass is 9.97. The molecule has 0 aliphatic heterocycles. The molecule has 0 aliphatic carbocycles. The lowest BCUT2D eigenvalue weighted by molar-refractivity contribution is 0.415. The van der Waals surface area contributed by atoms with Gasteiger partial charge in [0.15, 0.2) is 0 Å². The van der Waals surface area contributed by atoms with Gasteiger partial charge >= 0.3 is 0 Å². The third kappa shape index (κ3) is 2.71. The van der Waals surface area contributed by atoms with Crippen LogP contribution in [0.25, 0.3) is 21.9 Å². The first-order valence-electron chi connectivity index (χ1n) is 7.08. The number of ether oxygens (including phenoxy) is 1. The van der Waals surface area contributed by atoms with Gasteiger partial charge in [-0.05, 0) is 41.3 Å². The average molecular weight is 348 g/mol. The number of hydrogen-bond donors (Lipinski definition) is 0. The molecule has 0 fully saturated rings. The molecule has 1 heterocycles. The van der Waals surface area contributed by atoms with Crippen molar-refractivity contribution in [1.29, 1.82) is 0 Å². The highest BCUT2D eigenvalue weighted by Crippen LogP contribution is 2.33. The molecule has 3 aromatic rings. The molecule has 2 aromatic carbocycles. The molecule has 118 valence electrons. The fourth-order valence-electron chi connectivity index (χ4n) is 2.77. The van der Waals surface area contributed by atoms with Gasteiger partial charge in [0.25, 0.3) is 5.56 Å². The van der Waals surface area contributed by atoms with Crippen LogP contribution < -0.4 is 10.3 Å². The van der Waals surface area contributed by atoms with Crippen molar-refractivity contribution in [2.24, 2.45) is 7.05 Å². The Kier molecular flexibility index (Phi) is 4.33. The van der Waals surface area contributed by atoms with Gasteiger partial charge in [-0.1, -0.05) is 23.7 Å². The number of fused-ring (bicyclic) bond motifs is 1. The third-order valence-corrected chi connectivity index (χ3v) is 4.47. The number of pyridine rings is 1. The van der Waals surface area contributed by atoms with E-state index in [1.807, 2.05) is 30.3 Å². The van der Waals surface area contributed by atoms with Crippen molar-refractivity contribution in [2.45, 2.75) is 5.88 Å². The van der Waals surface area contributed by atoms with E-state index in [0.29, 0.717) is 10.4 Å². The van der Waals surface area contributed by atoms with E-state index in [4.69, 9.17) is 27.9 Å². The standard InChI is InChI=1S/C18H15Cl2NO2/c1-21-16(10-19)17(11-3-6-13(23-2)7-4-11)15-9-12(20)5-8-14(15)18(21)22/h3-9H,10H2,1-2H3. The second-order valence-corrected chi connectivity index (χ2v) is 5.94. The Morgan fingerprint density at radius 2 is 1.78 bits per heavy atom. The SMILES string of the molecule is COc1ccc(-c2c(CCl)n(C)c(=O)c3ccc(Cl)cc23)cc1. The Balaban J connectivity index is 2.43. The summed E-state index contributed by atoms with van der Waals surface area (Å²) in [5.41, 5.74) is 2.56. The van der Waals surface area contributed by atoms with Gasteiger partial charge in [-0.3, -0.25) is 4.79 Å². The molecule has 0 bridgehead atoms. The van der Waals surface area contributed by atoms with Crippen molar-refractivity contribution in [1.82, 2.24) is 4.57 Å². The smallest absolute Gasteiger partial charge is 0.258 e. The van der Waals surface area contributed by atoms with E-state index in [9.17, 15) is 4.79 Å². The molecule has 23 heavy (non-hydrogen) atoms. The van der Waals surface area contributed by atoms with Crippen LogP contribution in [0.5, 0.6) is 5.75 Å². The van der Waals surface area contributed by atoms with Crippen LogP contribution in [0.4, 0.5) is 0 Å². The lowest BCUT2D eigenvalue weighted by Crippen LogP contribution is -2.21. The number of benzene rings is 2. The Hall–Kier alpha value is -1.97. The molecule has 0 N–H and O–H groups in total. The van der Waals surface area contributed by atoms with Gasteiger partial charge in [-0.25, -0.2) is 0 Å². The molecule has 0 amide bonds. The van der Waals surface area contributed by atoms with Gasteiger partial charge in [0.1, 0.15) is 5.75 Å². The monoisotopic (exact) mass is 347 g/mol. The number of aromatic nitrogens is 1. The fourth-order valence-corrected chi connectivity index (χ4v) is 3.26. The summed E-state index contributed by atoms with van der Waals surface area (Å²) in [4.78, 5) is 12.5. The first kappa shape index (κ1) is 15.9. The minimum atomic E-state index is -0.0791. The Morgan fingerprint density at radius 1 is 1.09 bits per heavy atom. The molecule has 0 radical (unpaired) electrons. The van der Waals surface area contributed by atoms with Crippen LogP contribution in [0.1, 0.15) is 5.69 Å². The Morgan fingerprint density at radius 3 is 2.39 bits per heavy atom. The predicted octanol–water partition coefficient (Wildman–Crippen LogP) is 4.61. The van der Waals surface area contributed by atoms with Gasteiger partial charge in [-0.2, -0.15) is 0 Å². The van der Waals surface area contributed by atoms with Gasteiger partial charge in [-0.15, -0.1) is 11.6 Å². The highest BCUT2D eigenvalue weighted by molar-refractivity contribution is 6.31. The normalized spacial score (nSPS) is 11.0. The van der Waals surface area contributed by atoms with Crippen LogP contribution in [0.15, 0.2) is 47.3 Å². The summed E-state index contributed by atoms with van der Waals surface area (Å²) >= 11 is 12.3. The maximum absolute atomic E-state index is 12.5. The molecule has 0 unspecified atom stereocenters. The van der Waals surface area contributed by atoms with Crippen LogP contribution in [0.3, 0.4) is 0 Å². The van der Waals surface area contributed by atoms with E-state index in [1.165, 1.54) is 0 Å². The Bertz CT molecular complexity index is 930. The maximum atomic E-state index is 12.5. The molecule has 0 saturated carbocycles. The van der Waals surface area contributed by atoms with Gasteiger partial charge in [0, 0.05) is 28.7 Å². The largest absolute Gasteiger partial charge is 0.497 e. The minimum Gasteiger partial charge on any atom is -0.497 e. The molecule has 3 rings (SSSR count). The molecule has 3 nitrogen and oxygen atoms in total. The minimum absolute atomic E-state index is 0.0791. The Labute approximate surface area is 144 Å². The summed E-state index contributed by atoms with van der Waals surface area (Å²) < 4.78 is 6.81. The number of methoxy groups -OCH3 is 1. The van der Waals surface area contributed by atoms with Crippen molar-refractivity contribution in [3.63, 3.8) is 0 Å². The van der Waals surface area contributed by atoms with Gasteiger partial charge in [0.05, 0.1) is 13.0 Å². The topological polar surface area (TPSA) is 31.2 Å². The molecule has 0 spiro atoms. The fraction of sp³-hybridized carbons (Fsp3) is 0.167. The lowest BCUT2D eigenvalue weighted by Gasteiger charge is -2.16. The van der Waals surface area contributed by atoms with Gasteiger partial charge < -0.3 is 9.30 Å². The summed E-state index contributed by atoms with van der Waals surface area (Å²) in [5.74, 6) is 1.00. The number of hydrogen-bond acceptors (Lipinski definition) is 2. The summed E-state index contributed by atoms with van der Waals surface area (Å²) in [6.07, 6.45) is 0. The van der Waals surface area contributed by atoms with Crippen LogP contribution in [0, 0.1) is 0 Å². The predicted molar refractivity (Wildman–Crippen MR) is 95.7 cm³/mol. The van der Waals surface area contributed by atoms with E-state index < -0.39 is 0 Å². The summed E-state index contributed by atoms with van der Waals surface area (Å²) in [5, 5.41) is 2.01. The van der Waals surface area contributed by atoms with Crippen LogP contribution in [-0.2, 0) is 12.9 Å². The van der Waals surface area contributed by atoms with Crippen molar-refractivity contribution in [3.05, 3.63) is 63.5 Å². The molecule has 0 atom stereocenters. The average Bonchev–Trinajstić information content (AvgIpc) is 2.58. The van der Waals surface area contributed by atoms with E-state index in [0.717, 1.165) is 28.0 Å². The molecule has 0 saturated heterocycles. The summed E-state index contributed by atoms with van der Waals surface area (Å²) in [6.45, 7) is 0. The zero-order valence-electron chi connectivity index (χ0n) is 12.8. The molecular formula is C18H15Cl2NO2. The highest BCUT2D eigenvalue weighted by Gasteiger charge is 2.16. The van der Waals surface area contributed by atoms with Crippen LogP contribution in [-0.4, -0.2) is 11.7 Å². The van der Waals surface area contributed by atoms with E-state index >= 15 is 0 Å². The molecule has 5 heteroatoms. The van der Waals surface area contributed by atoms with Crippen molar-refractivity contribution >= 4 is 34.0 Å². The molecular weight excluding hydrogens is 333 g/mol. The van der Waals surface area contributed by atoms with Crippen molar-refractivity contribution in [2.75, 3.05) is 7.11 Å². The van der Waals surface area contributed by atoms with Crippen LogP contribution >= 0.6 is 23.2 Å². The van der Waals surface area contributed by atoms with Crippen molar-refractivity contribution in [3.8, 4) is 16.9 Å². The van der Waals surface area contributed by atoms with Crippen LogP contribution in [0.2, 0.25) is 5.02 Å². The number of alkyl halides is 1. The van der Waals surface area contributed by atoms with Crippen molar-refractivity contribution < 1.29 is 4.74 Å².